The van der Waals surface area contributed by atoms with Crippen molar-refractivity contribution in [3.63, 3.8) is 0 Å². The monoisotopic (exact) mass is 180 g/mol. The van der Waals surface area contributed by atoms with Crippen LogP contribution in [0.5, 0.6) is 0 Å². The minimum Gasteiger partial charge on any atom is -0.392 e. The molecule has 1 N–H and O–H groups in total. The lowest BCUT2D eigenvalue weighted by molar-refractivity contribution is 0.137. The highest BCUT2D eigenvalue weighted by Crippen LogP contribution is 2.51. The third-order valence-electron chi connectivity index (χ3n) is 3.97. The Morgan fingerprint density at radius 3 is 2.85 bits per heavy atom. The van der Waals surface area contributed by atoms with E-state index in [4.69, 9.17) is 0 Å². The molecule has 0 aromatic carbocycles. The molecule has 0 aromatic rings. The van der Waals surface area contributed by atoms with Gasteiger partial charge in [-0.3, -0.25) is 0 Å². The minimum atomic E-state index is -0.0877. The van der Waals surface area contributed by atoms with Crippen LogP contribution in [-0.4, -0.2) is 11.2 Å². The van der Waals surface area contributed by atoms with Gasteiger partial charge in [-0.1, -0.05) is 25.5 Å². The zero-order valence-electron chi connectivity index (χ0n) is 8.88. The maximum absolute atomic E-state index is 9.93. The molecule has 2 aliphatic rings. The summed E-state index contributed by atoms with van der Waals surface area (Å²) in [4.78, 5) is 0. The lowest BCUT2D eigenvalue weighted by atomic mass is 9.72. The van der Waals surface area contributed by atoms with Crippen LogP contribution in [0.4, 0.5) is 0 Å². The molecule has 1 saturated carbocycles. The maximum Gasteiger partial charge on any atom is 0.0610 e. The first kappa shape index (κ1) is 9.26. The normalized spacial score (nSPS) is 42.8. The number of hydrogen-bond donors (Lipinski definition) is 1. The fourth-order valence-corrected chi connectivity index (χ4v) is 3.22. The second-order valence-corrected chi connectivity index (χ2v) is 5.50. The molecule has 2 aliphatic carbocycles. The van der Waals surface area contributed by atoms with Crippen LogP contribution in [0.1, 0.15) is 40.0 Å². The van der Waals surface area contributed by atoms with E-state index in [0.29, 0.717) is 17.3 Å². The Bertz CT molecular complexity index is 240. The number of hydrogen-bond acceptors (Lipinski definition) is 1. The molecule has 74 valence electrons. The van der Waals surface area contributed by atoms with Crippen molar-refractivity contribution in [2.45, 2.75) is 46.1 Å². The van der Waals surface area contributed by atoms with Crippen LogP contribution >= 0.6 is 0 Å². The Morgan fingerprint density at radius 1 is 1.46 bits per heavy atom. The van der Waals surface area contributed by atoms with Crippen molar-refractivity contribution >= 4 is 0 Å². The Kier molecular flexibility index (Phi) is 2.03. The average Bonchev–Trinajstić information content (AvgIpc) is 2.22. The van der Waals surface area contributed by atoms with Gasteiger partial charge in [0.2, 0.25) is 0 Å². The summed E-state index contributed by atoms with van der Waals surface area (Å²) in [6.07, 6.45) is 5.71. The van der Waals surface area contributed by atoms with Gasteiger partial charge in [-0.05, 0) is 37.5 Å². The van der Waals surface area contributed by atoms with Gasteiger partial charge in [0.15, 0.2) is 0 Å². The van der Waals surface area contributed by atoms with Crippen molar-refractivity contribution in [3.05, 3.63) is 11.6 Å². The molecule has 0 saturated heterocycles. The highest BCUT2D eigenvalue weighted by atomic mass is 16.3. The molecule has 1 heteroatoms. The second kappa shape index (κ2) is 2.84. The standard InChI is InChI=1S/C12H20O/c1-8-4-5-10-9(6-8)11(13)7-12(10,2)3/h6,9-11,13H,4-5,7H2,1-3H3/t9-,10-,11-/m1/s1. The van der Waals surface area contributed by atoms with Gasteiger partial charge in [-0.2, -0.15) is 0 Å². The SMILES string of the molecule is CC1=C[C@H]2[C@H](O)CC(C)(C)[C@@H]2CC1. The van der Waals surface area contributed by atoms with Crippen LogP contribution in [0.25, 0.3) is 0 Å². The van der Waals surface area contributed by atoms with Gasteiger partial charge in [-0.15, -0.1) is 0 Å². The van der Waals surface area contributed by atoms with Gasteiger partial charge >= 0.3 is 0 Å². The minimum absolute atomic E-state index is 0.0877. The molecule has 0 unspecified atom stereocenters. The summed E-state index contributed by atoms with van der Waals surface area (Å²) in [5.41, 5.74) is 1.82. The van der Waals surface area contributed by atoms with Crippen molar-refractivity contribution in [2.75, 3.05) is 0 Å². The summed E-state index contributed by atoms with van der Waals surface area (Å²) >= 11 is 0. The molecule has 2 rings (SSSR count). The van der Waals surface area contributed by atoms with E-state index in [1.54, 1.807) is 0 Å². The largest absolute Gasteiger partial charge is 0.392 e. The van der Waals surface area contributed by atoms with Gasteiger partial charge in [0.05, 0.1) is 6.10 Å². The number of rotatable bonds is 0. The molecule has 1 nitrogen and oxygen atoms in total. The van der Waals surface area contributed by atoms with E-state index in [0.717, 1.165) is 6.42 Å². The number of fused-ring (bicyclic) bond motifs is 1. The highest BCUT2D eigenvalue weighted by molar-refractivity contribution is 5.14. The topological polar surface area (TPSA) is 20.2 Å². The van der Waals surface area contributed by atoms with E-state index < -0.39 is 0 Å². The molecular weight excluding hydrogens is 160 g/mol. The predicted octanol–water partition coefficient (Wildman–Crippen LogP) is 2.75. The van der Waals surface area contributed by atoms with E-state index >= 15 is 0 Å². The van der Waals surface area contributed by atoms with Crippen molar-refractivity contribution in [1.82, 2.24) is 0 Å². The van der Waals surface area contributed by atoms with Crippen molar-refractivity contribution in [1.29, 1.82) is 0 Å². The van der Waals surface area contributed by atoms with E-state index in [-0.39, 0.29) is 6.10 Å². The van der Waals surface area contributed by atoms with Gasteiger partial charge in [-0.25, -0.2) is 0 Å². The third kappa shape index (κ3) is 1.43. The first-order valence-electron chi connectivity index (χ1n) is 5.36. The van der Waals surface area contributed by atoms with Crippen LogP contribution in [0.15, 0.2) is 11.6 Å². The summed E-state index contributed by atoms with van der Waals surface area (Å²) in [5, 5.41) is 9.93. The molecule has 1 fully saturated rings. The lowest BCUT2D eigenvalue weighted by Crippen LogP contribution is -2.25. The number of aliphatic hydroxyl groups is 1. The highest BCUT2D eigenvalue weighted by Gasteiger charge is 2.47. The lowest BCUT2D eigenvalue weighted by Gasteiger charge is -2.32. The van der Waals surface area contributed by atoms with Crippen LogP contribution in [0.2, 0.25) is 0 Å². The second-order valence-electron chi connectivity index (χ2n) is 5.50. The molecule has 0 amide bonds. The smallest absolute Gasteiger partial charge is 0.0610 e. The molecule has 0 bridgehead atoms. The molecule has 0 heterocycles. The van der Waals surface area contributed by atoms with Crippen LogP contribution in [0, 0.1) is 17.3 Å². The quantitative estimate of drug-likeness (QED) is 0.568. The molecule has 0 radical (unpaired) electrons. The molecule has 0 spiro atoms. The summed E-state index contributed by atoms with van der Waals surface area (Å²) in [6.45, 7) is 6.79. The van der Waals surface area contributed by atoms with Crippen LogP contribution < -0.4 is 0 Å². The predicted molar refractivity (Wildman–Crippen MR) is 54.4 cm³/mol. The first-order valence-corrected chi connectivity index (χ1v) is 5.36. The van der Waals surface area contributed by atoms with Crippen molar-refractivity contribution in [3.8, 4) is 0 Å². The van der Waals surface area contributed by atoms with Crippen molar-refractivity contribution in [2.24, 2.45) is 17.3 Å². The van der Waals surface area contributed by atoms with Gasteiger partial charge in [0.1, 0.15) is 0 Å². The summed E-state index contributed by atoms with van der Waals surface area (Å²) in [7, 11) is 0. The Labute approximate surface area is 80.8 Å². The fraction of sp³-hybridized carbons (Fsp3) is 0.833. The van der Waals surface area contributed by atoms with Crippen LogP contribution in [0.3, 0.4) is 0 Å². The molecule has 0 aliphatic heterocycles. The molecule has 13 heavy (non-hydrogen) atoms. The summed E-state index contributed by atoms with van der Waals surface area (Å²) in [5.74, 6) is 1.16. The van der Waals surface area contributed by atoms with E-state index in [1.807, 2.05) is 0 Å². The van der Waals surface area contributed by atoms with Gasteiger partial charge in [0.25, 0.3) is 0 Å². The number of aliphatic hydroxyl groups excluding tert-OH is 1. The maximum atomic E-state index is 9.93. The molecule has 3 atom stereocenters. The van der Waals surface area contributed by atoms with Crippen molar-refractivity contribution < 1.29 is 5.11 Å². The third-order valence-corrected chi connectivity index (χ3v) is 3.97. The van der Waals surface area contributed by atoms with E-state index in [1.165, 1.54) is 18.4 Å². The number of allylic oxidation sites excluding steroid dienone is 1. The zero-order valence-corrected chi connectivity index (χ0v) is 8.88. The van der Waals surface area contributed by atoms with Gasteiger partial charge in [0, 0.05) is 5.92 Å². The van der Waals surface area contributed by atoms with E-state index in [9.17, 15) is 5.11 Å². The molecule has 0 aromatic heterocycles. The Morgan fingerprint density at radius 2 is 2.15 bits per heavy atom. The van der Waals surface area contributed by atoms with E-state index in [2.05, 4.69) is 26.8 Å². The Balaban J connectivity index is 2.27. The zero-order chi connectivity index (χ0) is 9.64. The average molecular weight is 180 g/mol. The summed E-state index contributed by atoms with van der Waals surface area (Å²) < 4.78 is 0. The summed E-state index contributed by atoms with van der Waals surface area (Å²) in [6, 6.07) is 0. The fourth-order valence-electron chi connectivity index (χ4n) is 3.22. The first-order chi connectivity index (χ1) is 6.00. The molecular formula is C12H20O. The van der Waals surface area contributed by atoms with Gasteiger partial charge < -0.3 is 5.11 Å². The van der Waals surface area contributed by atoms with Crippen LogP contribution in [-0.2, 0) is 0 Å². The Hall–Kier alpha value is -0.300.